The van der Waals surface area contributed by atoms with E-state index in [2.05, 4.69) is 0 Å². The van der Waals surface area contributed by atoms with Crippen LogP contribution in [0.15, 0.2) is 9.59 Å². The Kier molecular flexibility index (Phi) is 5.21. The lowest BCUT2D eigenvalue weighted by molar-refractivity contribution is -0.141. The van der Waals surface area contributed by atoms with Gasteiger partial charge in [0.15, 0.2) is 0 Å². The first kappa shape index (κ1) is 18.5. The largest absolute Gasteiger partial charge is 0.468 e. The number of aryl methyl sites for hydroxylation is 2. The van der Waals surface area contributed by atoms with Crippen LogP contribution >= 0.6 is 11.3 Å². The van der Waals surface area contributed by atoms with E-state index in [0.717, 1.165) is 63.4 Å². The highest BCUT2D eigenvalue weighted by molar-refractivity contribution is 7.18. The maximum absolute atomic E-state index is 13.4. The number of aromatic nitrogens is 2. The number of carbonyl (C=O) groups is 1. The van der Waals surface area contributed by atoms with E-state index in [9.17, 15) is 14.4 Å². The van der Waals surface area contributed by atoms with E-state index in [1.165, 1.54) is 38.9 Å². The summed E-state index contributed by atoms with van der Waals surface area (Å²) in [7, 11) is 1.32. The Labute approximate surface area is 161 Å². The molecule has 0 radical (unpaired) electrons. The second-order valence-electron chi connectivity index (χ2n) is 7.66. The van der Waals surface area contributed by atoms with Gasteiger partial charge in [0.1, 0.15) is 11.4 Å². The summed E-state index contributed by atoms with van der Waals surface area (Å²) in [5.41, 5.74) is 0.601. The third kappa shape index (κ3) is 3.26. The van der Waals surface area contributed by atoms with Crippen molar-refractivity contribution >= 4 is 27.5 Å². The van der Waals surface area contributed by atoms with Gasteiger partial charge >= 0.3 is 11.7 Å². The van der Waals surface area contributed by atoms with Gasteiger partial charge in [-0.2, -0.15) is 0 Å². The normalized spacial score (nSPS) is 18.3. The number of ether oxygens (including phenoxy) is 1. The Balaban J connectivity index is 1.99. The third-order valence-corrected chi connectivity index (χ3v) is 7.29. The summed E-state index contributed by atoms with van der Waals surface area (Å²) in [6, 6.07) is -0.0617. The van der Waals surface area contributed by atoms with E-state index in [1.54, 1.807) is 0 Å². The van der Waals surface area contributed by atoms with Crippen LogP contribution in [-0.2, 0) is 28.9 Å². The van der Waals surface area contributed by atoms with Gasteiger partial charge in [-0.15, -0.1) is 11.3 Å². The molecule has 4 rings (SSSR count). The predicted molar refractivity (Wildman–Crippen MR) is 106 cm³/mol. The van der Waals surface area contributed by atoms with Crippen LogP contribution in [0.25, 0.3) is 10.2 Å². The van der Waals surface area contributed by atoms with Crippen molar-refractivity contribution in [2.24, 2.45) is 0 Å². The molecular weight excluding hydrogens is 364 g/mol. The van der Waals surface area contributed by atoms with Crippen LogP contribution in [0.5, 0.6) is 0 Å². The van der Waals surface area contributed by atoms with Crippen molar-refractivity contribution in [3.8, 4) is 0 Å². The second kappa shape index (κ2) is 7.62. The number of rotatable bonds is 3. The van der Waals surface area contributed by atoms with Crippen LogP contribution < -0.4 is 11.2 Å². The van der Waals surface area contributed by atoms with Crippen molar-refractivity contribution in [3.05, 3.63) is 31.3 Å². The van der Waals surface area contributed by atoms with Gasteiger partial charge in [0, 0.05) is 10.9 Å². The van der Waals surface area contributed by atoms with Gasteiger partial charge in [0.2, 0.25) is 0 Å². The first-order valence-corrected chi connectivity index (χ1v) is 10.8. The van der Waals surface area contributed by atoms with Crippen LogP contribution in [0, 0.1) is 0 Å². The van der Waals surface area contributed by atoms with Gasteiger partial charge in [-0.05, 0) is 44.1 Å². The van der Waals surface area contributed by atoms with Crippen molar-refractivity contribution in [2.45, 2.75) is 76.8 Å². The summed E-state index contributed by atoms with van der Waals surface area (Å²) in [6.07, 6.45) is 10.1. The maximum Gasteiger partial charge on any atom is 0.332 e. The summed E-state index contributed by atoms with van der Waals surface area (Å²) in [5, 5.41) is 0.672. The number of fused-ring (bicyclic) bond motifs is 3. The monoisotopic (exact) mass is 390 g/mol. The Morgan fingerprint density at radius 3 is 2.52 bits per heavy atom. The molecule has 0 aliphatic heterocycles. The first-order chi connectivity index (χ1) is 13.1. The van der Waals surface area contributed by atoms with E-state index in [0.29, 0.717) is 10.2 Å². The van der Waals surface area contributed by atoms with Gasteiger partial charge in [0.05, 0.1) is 12.5 Å². The molecule has 1 saturated carbocycles. The Morgan fingerprint density at radius 2 is 1.78 bits per heavy atom. The van der Waals surface area contributed by atoms with Crippen molar-refractivity contribution in [3.63, 3.8) is 0 Å². The molecule has 0 bridgehead atoms. The molecule has 2 aromatic rings. The van der Waals surface area contributed by atoms with Gasteiger partial charge in [-0.1, -0.05) is 25.7 Å². The number of thiophene rings is 1. The molecule has 146 valence electrons. The number of hydrogen-bond donors (Lipinski definition) is 0. The van der Waals surface area contributed by atoms with Crippen LogP contribution in [0.3, 0.4) is 0 Å². The average Bonchev–Trinajstić information content (AvgIpc) is 2.89. The molecule has 0 unspecified atom stereocenters. The molecule has 2 heterocycles. The molecule has 0 spiro atoms. The van der Waals surface area contributed by atoms with Crippen molar-refractivity contribution in [1.29, 1.82) is 0 Å². The molecule has 0 amide bonds. The topological polar surface area (TPSA) is 70.3 Å². The lowest BCUT2D eigenvalue weighted by Crippen LogP contribution is -2.43. The fraction of sp³-hybridized carbons (Fsp3) is 0.650. The number of hydrogen-bond acceptors (Lipinski definition) is 5. The number of esters is 1. The van der Waals surface area contributed by atoms with E-state index in [4.69, 9.17) is 4.74 Å². The van der Waals surface area contributed by atoms with Crippen LogP contribution in [-0.4, -0.2) is 22.2 Å². The standard InChI is InChI=1S/C20H26N2O4S/c1-26-16(23)12-21-19-17(14-10-6-3-7-11-15(14)27-19)18(24)22(20(21)25)13-8-4-2-5-9-13/h13H,2-12H2,1H3. The zero-order valence-corrected chi connectivity index (χ0v) is 16.6. The molecule has 0 aromatic carbocycles. The van der Waals surface area contributed by atoms with E-state index in [-0.39, 0.29) is 23.8 Å². The maximum atomic E-state index is 13.4. The van der Waals surface area contributed by atoms with Crippen LogP contribution in [0.2, 0.25) is 0 Å². The smallest absolute Gasteiger partial charge is 0.332 e. The van der Waals surface area contributed by atoms with E-state index < -0.39 is 5.97 Å². The second-order valence-corrected chi connectivity index (χ2v) is 8.74. The lowest BCUT2D eigenvalue weighted by Gasteiger charge is -2.24. The molecule has 1 fully saturated rings. The van der Waals surface area contributed by atoms with E-state index in [1.807, 2.05) is 0 Å². The number of carbonyl (C=O) groups excluding carboxylic acids is 1. The molecule has 2 aromatic heterocycles. The Hall–Kier alpha value is -1.89. The molecule has 7 heteroatoms. The first-order valence-electron chi connectivity index (χ1n) is 9.98. The van der Waals surface area contributed by atoms with Gasteiger partial charge in [-0.25, -0.2) is 4.79 Å². The summed E-state index contributed by atoms with van der Waals surface area (Å²) in [5.74, 6) is -0.462. The third-order valence-electron chi connectivity index (χ3n) is 5.97. The molecule has 0 atom stereocenters. The van der Waals surface area contributed by atoms with Crippen LogP contribution in [0.1, 0.15) is 67.8 Å². The molecule has 2 aliphatic carbocycles. The van der Waals surface area contributed by atoms with Gasteiger partial charge in [-0.3, -0.25) is 18.7 Å². The van der Waals surface area contributed by atoms with Gasteiger partial charge < -0.3 is 4.74 Å². The molecule has 0 N–H and O–H groups in total. The zero-order chi connectivity index (χ0) is 19.0. The minimum Gasteiger partial charge on any atom is -0.468 e. The van der Waals surface area contributed by atoms with E-state index >= 15 is 0 Å². The summed E-state index contributed by atoms with van der Waals surface area (Å²) in [6.45, 7) is -0.141. The lowest BCUT2D eigenvalue weighted by atomic mass is 9.95. The molecule has 2 aliphatic rings. The highest BCUT2D eigenvalue weighted by Gasteiger charge is 2.27. The average molecular weight is 391 g/mol. The minimum atomic E-state index is -0.462. The molecule has 27 heavy (non-hydrogen) atoms. The quantitative estimate of drug-likeness (QED) is 0.596. The molecular formula is C20H26N2O4S. The molecule has 6 nitrogen and oxygen atoms in total. The van der Waals surface area contributed by atoms with Crippen molar-refractivity contribution < 1.29 is 9.53 Å². The highest BCUT2D eigenvalue weighted by atomic mass is 32.1. The van der Waals surface area contributed by atoms with Gasteiger partial charge in [0.25, 0.3) is 5.56 Å². The number of nitrogens with zero attached hydrogens (tertiary/aromatic N) is 2. The Morgan fingerprint density at radius 1 is 1.07 bits per heavy atom. The number of methoxy groups -OCH3 is 1. The predicted octanol–water partition coefficient (Wildman–Crippen LogP) is 3.17. The van der Waals surface area contributed by atoms with Crippen LogP contribution in [0.4, 0.5) is 0 Å². The Bertz CT molecular complexity index is 978. The SMILES string of the molecule is COC(=O)Cn1c(=O)n(C2CCCCC2)c(=O)c2c3c(sc21)CCCCC3. The fourth-order valence-electron chi connectivity index (χ4n) is 4.56. The van der Waals surface area contributed by atoms with Crippen molar-refractivity contribution in [2.75, 3.05) is 7.11 Å². The molecule has 0 saturated heterocycles. The fourth-order valence-corrected chi connectivity index (χ4v) is 5.93. The summed E-state index contributed by atoms with van der Waals surface area (Å²) in [4.78, 5) is 40.5. The highest BCUT2D eigenvalue weighted by Crippen LogP contribution is 2.34. The summed E-state index contributed by atoms with van der Waals surface area (Å²) >= 11 is 1.52. The van der Waals surface area contributed by atoms with Crippen molar-refractivity contribution in [1.82, 2.24) is 9.13 Å². The minimum absolute atomic E-state index is 0.0617. The zero-order valence-electron chi connectivity index (χ0n) is 15.8. The summed E-state index contributed by atoms with van der Waals surface area (Å²) < 4.78 is 7.74.